The zero-order valence-corrected chi connectivity index (χ0v) is 21.7. The third kappa shape index (κ3) is 6.48. The monoisotopic (exact) mass is 520 g/mol. The molecule has 0 saturated heterocycles. The van der Waals surface area contributed by atoms with Crippen molar-refractivity contribution in [2.24, 2.45) is 0 Å². The maximum Gasteiger partial charge on any atom is 0.341 e. The summed E-state index contributed by atoms with van der Waals surface area (Å²) in [5, 5.41) is 8.77. The molecule has 0 aliphatic rings. The first-order chi connectivity index (χ1) is 18.9. The molecule has 5 aromatic rings. The Morgan fingerprint density at radius 2 is 1.13 bits per heavy atom. The Kier molecular flexibility index (Phi) is 7.64. The van der Waals surface area contributed by atoms with E-state index in [-0.39, 0.29) is 6.61 Å². The van der Waals surface area contributed by atoms with E-state index in [4.69, 9.17) is 23.4 Å². The van der Waals surface area contributed by atoms with Crippen LogP contribution >= 0.6 is 0 Å². The molecule has 5 rings (SSSR count). The van der Waals surface area contributed by atoms with Crippen LogP contribution in [0.3, 0.4) is 0 Å². The summed E-state index contributed by atoms with van der Waals surface area (Å²) in [6.07, 6.45) is 2.05. The summed E-state index contributed by atoms with van der Waals surface area (Å²) in [5.41, 5.74) is 5.14. The summed E-state index contributed by atoms with van der Waals surface area (Å²) in [5.74, 6) is 3.52. The molecule has 0 saturated carbocycles. The number of carboxylic acids is 1. The van der Waals surface area contributed by atoms with Gasteiger partial charge in [0, 0.05) is 11.1 Å². The van der Waals surface area contributed by atoms with E-state index in [2.05, 4.69) is 48.5 Å². The molecule has 0 amide bonds. The Morgan fingerprint density at radius 3 is 1.54 bits per heavy atom. The zero-order chi connectivity index (χ0) is 27.2. The molecule has 0 bridgehead atoms. The quantitative estimate of drug-likeness (QED) is 0.202. The van der Waals surface area contributed by atoms with Crippen molar-refractivity contribution in [3.05, 3.63) is 126 Å². The van der Waals surface area contributed by atoms with Gasteiger partial charge < -0.3 is 23.4 Å². The van der Waals surface area contributed by atoms with E-state index >= 15 is 0 Å². The minimum atomic E-state index is -1.02. The number of hydrogen-bond donors (Lipinski definition) is 1. The third-order valence-electron chi connectivity index (χ3n) is 6.17. The van der Waals surface area contributed by atoms with E-state index in [9.17, 15) is 4.79 Å². The summed E-state index contributed by atoms with van der Waals surface area (Å²) < 4.78 is 22.7. The van der Waals surface area contributed by atoms with Crippen LogP contribution in [0.5, 0.6) is 11.5 Å². The topological polar surface area (TPSA) is 82.0 Å². The van der Waals surface area contributed by atoms with Crippen molar-refractivity contribution in [3.63, 3.8) is 0 Å². The van der Waals surface area contributed by atoms with Gasteiger partial charge in [-0.2, -0.15) is 0 Å². The lowest BCUT2D eigenvalue weighted by molar-refractivity contribution is -0.139. The van der Waals surface area contributed by atoms with Gasteiger partial charge in [0.05, 0.1) is 0 Å². The van der Waals surface area contributed by atoms with Crippen LogP contribution in [-0.2, 0) is 4.79 Å². The second-order valence-corrected chi connectivity index (χ2v) is 9.06. The van der Waals surface area contributed by atoms with Gasteiger partial charge in [-0.25, -0.2) is 4.79 Å². The minimum absolute atomic E-state index is 0.336. The zero-order valence-electron chi connectivity index (χ0n) is 21.7. The smallest absolute Gasteiger partial charge is 0.341 e. The molecule has 2 aromatic heterocycles. The van der Waals surface area contributed by atoms with E-state index in [1.807, 2.05) is 44.2 Å². The molecular weight excluding hydrogens is 492 g/mol. The highest BCUT2D eigenvalue weighted by Gasteiger charge is 2.10. The molecule has 0 atom stereocenters. The molecule has 0 fully saturated rings. The molecule has 2 heterocycles. The molecule has 39 heavy (non-hydrogen) atoms. The number of rotatable bonds is 10. The van der Waals surface area contributed by atoms with Crippen molar-refractivity contribution in [1.82, 2.24) is 0 Å². The van der Waals surface area contributed by atoms with Gasteiger partial charge in [0.1, 0.15) is 41.1 Å². The lowest BCUT2D eigenvalue weighted by Crippen LogP contribution is -2.09. The van der Waals surface area contributed by atoms with E-state index in [0.717, 1.165) is 50.9 Å². The highest BCUT2D eigenvalue weighted by atomic mass is 16.5. The molecule has 0 unspecified atom stereocenters. The van der Waals surface area contributed by atoms with E-state index in [1.54, 1.807) is 24.3 Å². The largest absolute Gasteiger partial charge is 0.490 e. The molecule has 1 N–H and O–H groups in total. The average Bonchev–Trinajstić information content (AvgIpc) is 3.59. The molecular formula is C33H28O6. The first kappa shape index (κ1) is 25.7. The second kappa shape index (κ2) is 11.6. The van der Waals surface area contributed by atoms with Crippen molar-refractivity contribution < 1.29 is 28.2 Å². The van der Waals surface area contributed by atoms with Gasteiger partial charge >= 0.3 is 5.97 Å². The fourth-order valence-electron chi connectivity index (χ4n) is 4.21. The summed E-state index contributed by atoms with van der Waals surface area (Å²) in [4.78, 5) is 10.7. The fourth-order valence-corrected chi connectivity index (χ4v) is 4.21. The number of furan rings is 2. The summed E-state index contributed by atoms with van der Waals surface area (Å²) in [6, 6.07) is 31.3. The Bertz CT molecular complexity index is 1480. The van der Waals surface area contributed by atoms with Crippen molar-refractivity contribution in [2.45, 2.75) is 13.8 Å². The number of carboxylic acid groups (broad SMARTS) is 1. The van der Waals surface area contributed by atoms with Crippen LogP contribution in [0, 0.1) is 13.8 Å². The van der Waals surface area contributed by atoms with Gasteiger partial charge in [0.2, 0.25) is 0 Å². The predicted octanol–water partition coefficient (Wildman–Crippen LogP) is 7.80. The Hall–Kier alpha value is -4.97. The number of aliphatic carboxylic acids is 1. The average molecular weight is 521 g/mol. The molecule has 0 spiro atoms. The van der Waals surface area contributed by atoms with Crippen LogP contribution in [0.4, 0.5) is 0 Å². The van der Waals surface area contributed by atoms with Crippen molar-refractivity contribution in [1.29, 1.82) is 0 Å². The van der Waals surface area contributed by atoms with Gasteiger partial charge in [0.25, 0.3) is 0 Å². The molecule has 0 radical (unpaired) electrons. The second-order valence-electron chi connectivity index (χ2n) is 9.06. The standard InChI is InChI=1S/C33H28O6/c1-22-3-17-31(38-22)26-9-5-24(6-10-26)30(25-7-11-27(12-8-25)32-18-4-23(2)39-32)19-20-36-28-13-15-29(16-14-28)37-21-33(34)35/h3-19H,20-21H2,1-2H3,(H,34,35). The number of carbonyl (C=O) groups is 1. The van der Waals surface area contributed by atoms with E-state index in [0.29, 0.717) is 18.1 Å². The van der Waals surface area contributed by atoms with E-state index in [1.165, 1.54) is 0 Å². The highest BCUT2D eigenvalue weighted by molar-refractivity contribution is 5.81. The lowest BCUT2D eigenvalue weighted by Gasteiger charge is -2.12. The lowest BCUT2D eigenvalue weighted by atomic mass is 9.95. The maximum absolute atomic E-state index is 10.7. The fraction of sp³-hybridized carbons (Fsp3) is 0.121. The summed E-state index contributed by atoms with van der Waals surface area (Å²) >= 11 is 0. The normalized spacial score (nSPS) is 10.7. The van der Waals surface area contributed by atoms with Gasteiger partial charge in [-0.1, -0.05) is 48.5 Å². The van der Waals surface area contributed by atoms with Crippen LogP contribution in [0.25, 0.3) is 28.2 Å². The van der Waals surface area contributed by atoms with Crippen molar-refractivity contribution >= 4 is 11.5 Å². The van der Waals surface area contributed by atoms with Crippen LogP contribution in [-0.4, -0.2) is 24.3 Å². The number of aryl methyl sites for hydroxylation is 2. The molecule has 3 aromatic carbocycles. The van der Waals surface area contributed by atoms with Crippen LogP contribution in [0.2, 0.25) is 0 Å². The molecule has 6 heteroatoms. The predicted molar refractivity (Wildman–Crippen MR) is 150 cm³/mol. The SMILES string of the molecule is Cc1ccc(-c2ccc(C(=CCOc3ccc(OCC(=O)O)cc3)c3ccc(-c4ccc(C)o4)cc3)cc2)o1. The number of hydrogen-bond acceptors (Lipinski definition) is 5. The van der Waals surface area contributed by atoms with Crippen molar-refractivity contribution in [3.8, 4) is 34.1 Å². The summed E-state index contributed by atoms with van der Waals surface area (Å²) in [6.45, 7) is 3.82. The first-order valence-electron chi connectivity index (χ1n) is 12.6. The minimum Gasteiger partial charge on any atom is -0.490 e. The third-order valence-corrected chi connectivity index (χ3v) is 6.17. The van der Waals surface area contributed by atoms with Crippen molar-refractivity contribution in [2.75, 3.05) is 13.2 Å². The molecule has 0 aliphatic carbocycles. The van der Waals surface area contributed by atoms with Gasteiger partial charge in [-0.3, -0.25) is 0 Å². The molecule has 196 valence electrons. The first-order valence-corrected chi connectivity index (χ1v) is 12.6. The van der Waals surface area contributed by atoms with E-state index < -0.39 is 5.97 Å². The maximum atomic E-state index is 10.7. The van der Waals surface area contributed by atoms with Gasteiger partial charge in [-0.15, -0.1) is 0 Å². The molecule has 0 aliphatic heterocycles. The Morgan fingerprint density at radius 1 is 0.667 bits per heavy atom. The number of benzene rings is 3. The Labute approximate surface area is 226 Å². The van der Waals surface area contributed by atoms with Crippen LogP contribution in [0.15, 0.2) is 112 Å². The van der Waals surface area contributed by atoms with Gasteiger partial charge in [-0.05, 0) is 85.2 Å². The van der Waals surface area contributed by atoms with Crippen LogP contribution in [0.1, 0.15) is 22.6 Å². The highest BCUT2D eigenvalue weighted by Crippen LogP contribution is 2.30. The Balaban J connectivity index is 1.38. The number of ether oxygens (including phenoxy) is 2. The van der Waals surface area contributed by atoms with Crippen LogP contribution < -0.4 is 9.47 Å². The molecule has 6 nitrogen and oxygen atoms in total. The summed E-state index contributed by atoms with van der Waals surface area (Å²) in [7, 11) is 0. The van der Waals surface area contributed by atoms with Gasteiger partial charge in [0.15, 0.2) is 6.61 Å².